The minimum absolute atomic E-state index is 0.0336. The molecule has 2 N–H and O–H groups in total. The Morgan fingerprint density at radius 2 is 2.41 bits per heavy atom. The highest BCUT2D eigenvalue weighted by Crippen LogP contribution is 2.30. The monoisotopic (exact) mass is 252 g/mol. The molecular weight excluding hydrogens is 244 g/mol. The number of hydrogen-bond acceptors (Lipinski definition) is 6. The van der Waals surface area contributed by atoms with E-state index < -0.39 is 4.92 Å². The summed E-state index contributed by atoms with van der Waals surface area (Å²) in [5, 5.41) is 31.0. The van der Waals surface area contributed by atoms with Crippen LogP contribution in [0.15, 0.2) is 23.2 Å². The average molecular weight is 252 g/mol. The minimum Gasteiger partial charge on any atom is -0.506 e. The van der Waals surface area contributed by atoms with E-state index in [0.717, 1.165) is 17.8 Å². The number of benzene rings is 1. The SMILES string of the molecule is CSC(=Nc1cc([N+](=O)[O-])ccc1O)NC#N. The molecule has 7 nitrogen and oxygen atoms in total. The number of aliphatic imine (C=N–C) groups is 1. The van der Waals surface area contributed by atoms with Gasteiger partial charge in [0.15, 0.2) is 11.4 Å². The van der Waals surface area contributed by atoms with Gasteiger partial charge in [0.2, 0.25) is 0 Å². The van der Waals surface area contributed by atoms with Gasteiger partial charge >= 0.3 is 0 Å². The summed E-state index contributed by atoms with van der Waals surface area (Å²) in [4.78, 5) is 13.9. The smallest absolute Gasteiger partial charge is 0.271 e. The number of nitrogens with zero attached hydrogens (tertiary/aromatic N) is 3. The van der Waals surface area contributed by atoms with E-state index in [1.807, 2.05) is 0 Å². The number of rotatable bonds is 2. The topological polar surface area (TPSA) is 112 Å². The Hall–Kier alpha value is -2.27. The zero-order valence-corrected chi connectivity index (χ0v) is 9.56. The zero-order valence-electron chi connectivity index (χ0n) is 8.75. The van der Waals surface area contributed by atoms with E-state index in [2.05, 4.69) is 10.3 Å². The number of nitro benzene ring substituents is 1. The van der Waals surface area contributed by atoms with Gasteiger partial charge in [0, 0.05) is 12.1 Å². The van der Waals surface area contributed by atoms with E-state index in [4.69, 9.17) is 5.26 Å². The first-order valence-corrected chi connectivity index (χ1v) is 5.56. The fraction of sp³-hybridized carbons (Fsp3) is 0.111. The first-order valence-electron chi connectivity index (χ1n) is 4.33. The molecule has 0 aliphatic rings. The van der Waals surface area contributed by atoms with Gasteiger partial charge in [0.05, 0.1) is 4.92 Å². The number of nitrogens with one attached hydrogen (secondary N) is 1. The molecule has 0 radical (unpaired) electrons. The molecule has 0 atom stereocenters. The summed E-state index contributed by atoms with van der Waals surface area (Å²) in [6.07, 6.45) is 3.36. The van der Waals surface area contributed by atoms with Gasteiger partial charge in [-0.2, -0.15) is 5.26 Å². The molecule has 0 fully saturated rings. The van der Waals surface area contributed by atoms with E-state index in [-0.39, 0.29) is 22.3 Å². The van der Waals surface area contributed by atoms with Crippen molar-refractivity contribution in [2.75, 3.05) is 6.26 Å². The number of nitriles is 1. The molecule has 0 aliphatic heterocycles. The quantitative estimate of drug-likeness (QED) is 0.207. The van der Waals surface area contributed by atoms with Crippen molar-refractivity contribution in [3.63, 3.8) is 0 Å². The molecule has 0 aromatic heterocycles. The van der Waals surface area contributed by atoms with Gasteiger partial charge in [-0.15, -0.1) is 0 Å². The molecule has 1 aromatic rings. The Morgan fingerprint density at radius 1 is 1.71 bits per heavy atom. The first-order chi connectivity index (χ1) is 8.08. The van der Waals surface area contributed by atoms with Crippen LogP contribution < -0.4 is 5.32 Å². The summed E-state index contributed by atoms with van der Waals surface area (Å²) in [5.41, 5.74) is -0.148. The van der Waals surface area contributed by atoms with Gasteiger partial charge < -0.3 is 5.11 Å². The lowest BCUT2D eigenvalue weighted by Gasteiger charge is -2.01. The van der Waals surface area contributed by atoms with Gasteiger partial charge in [0.25, 0.3) is 5.69 Å². The number of phenolic OH excluding ortho intramolecular Hbond substituents is 1. The molecule has 0 amide bonds. The van der Waals surface area contributed by atoms with Crippen LogP contribution in [0.4, 0.5) is 11.4 Å². The molecule has 88 valence electrons. The van der Waals surface area contributed by atoms with E-state index in [1.54, 1.807) is 12.4 Å². The van der Waals surface area contributed by atoms with Crippen LogP contribution in [0.25, 0.3) is 0 Å². The Labute approximate surface area is 101 Å². The molecule has 0 saturated heterocycles. The molecule has 17 heavy (non-hydrogen) atoms. The number of thioether (sulfide) groups is 1. The lowest BCUT2D eigenvalue weighted by molar-refractivity contribution is -0.384. The zero-order chi connectivity index (χ0) is 12.8. The standard InChI is InChI=1S/C9H8N4O3S/c1-17-9(11-5-10)12-7-4-6(13(15)16)2-3-8(7)14/h2-4,14H,1H3,(H,11,12). The fourth-order valence-corrected chi connectivity index (χ4v) is 1.33. The fourth-order valence-electron chi connectivity index (χ4n) is 0.997. The largest absolute Gasteiger partial charge is 0.506 e. The van der Waals surface area contributed by atoms with E-state index >= 15 is 0 Å². The highest BCUT2D eigenvalue weighted by molar-refractivity contribution is 8.13. The first kappa shape index (κ1) is 12.8. The summed E-state index contributed by atoms with van der Waals surface area (Å²) in [7, 11) is 0. The predicted octanol–water partition coefficient (Wildman–Crippen LogP) is 1.72. The maximum absolute atomic E-state index is 10.5. The van der Waals surface area contributed by atoms with Crippen molar-refractivity contribution in [1.29, 1.82) is 5.26 Å². The number of hydrogen-bond donors (Lipinski definition) is 2. The van der Waals surface area contributed by atoms with Crippen LogP contribution in [-0.2, 0) is 0 Å². The van der Waals surface area contributed by atoms with Crippen molar-refractivity contribution in [1.82, 2.24) is 5.32 Å². The Morgan fingerprint density at radius 3 is 2.94 bits per heavy atom. The molecule has 0 bridgehead atoms. The number of non-ortho nitro benzene ring substituents is 1. The van der Waals surface area contributed by atoms with Crippen molar-refractivity contribution in [3.8, 4) is 11.9 Å². The van der Waals surface area contributed by atoms with Gasteiger partial charge in [0.1, 0.15) is 11.4 Å². The van der Waals surface area contributed by atoms with Crippen LogP contribution in [0.3, 0.4) is 0 Å². The summed E-state index contributed by atoms with van der Waals surface area (Å²) >= 11 is 1.15. The highest BCUT2D eigenvalue weighted by atomic mass is 32.2. The van der Waals surface area contributed by atoms with Crippen molar-refractivity contribution in [2.24, 2.45) is 4.99 Å². The normalized spacial score (nSPS) is 10.7. The molecular formula is C9H8N4O3S. The maximum atomic E-state index is 10.5. The molecule has 0 heterocycles. The highest BCUT2D eigenvalue weighted by Gasteiger charge is 2.10. The van der Waals surface area contributed by atoms with Crippen molar-refractivity contribution < 1.29 is 10.0 Å². The van der Waals surface area contributed by atoms with E-state index in [1.165, 1.54) is 12.1 Å². The molecule has 0 aliphatic carbocycles. The average Bonchev–Trinajstić information content (AvgIpc) is 2.30. The number of amidine groups is 1. The minimum atomic E-state index is -0.588. The molecule has 1 rings (SSSR count). The second-order valence-electron chi connectivity index (χ2n) is 2.79. The van der Waals surface area contributed by atoms with E-state index in [0.29, 0.717) is 0 Å². The second-order valence-corrected chi connectivity index (χ2v) is 3.58. The maximum Gasteiger partial charge on any atom is 0.271 e. The number of phenols is 1. The molecule has 8 heteroatoms. The third-order valence-electron chi connectivity index (χ3n) is 1.75. The van der Waals surface area contributed by atoms with Crippen LogP contribution in [0.2, 0.25) is 0 Å². The Balaban J connectivity index is 3.17. The van der Waals surface area contributed by atoms with Gasteiger partial charge in [-0.05, 0) is 12.3 Å². The van der Waals surface area contributed by atoms with Crippen LogP contribution in [0, 0.1) is 21.6 Å². The Bertz CT molecular complexity index is 509. The number of aromatic hydroxyl groups is 1. The van der Waals surface area contributed by atoms with Crippen molar-refractivity contribution in [2.45, 2.75) is 0 Å². The van der Waals surface area contributed by atoms with Crippen molar-refractivity contribution >= 4 is 28.3 Å². The number of nitro groups is 1. The lowest BCUT2D eigenvalue weighted by atomic mass is 10.2. The van der Waals surface area contributed by atoms with Gasteiger partial charge in [-0.1, -0.05) is 11.8 Å². The third-order valence-corrected chi connectivity index (χ3v) is 2.33. The van der Waals surface area contributed by atoms with Crippen LogP contribution in [0.1, 0.15) is 0 Å². The predicted molar refractivity (Wildman–Crippen MR) is 64.1 cm³/mol. The summed E-state index contributed by atoms with van der Waals surface area (Å²) < 4.78 is 0. The molecule has 0 saturated carbocycles. The lowest BCUT2D eigenvalue weighted by Crippen LogP contribution is -2.12. The molecule has 0 spiro atoms. The van der Waals surface area contributed by atoms with Gasteiger partial charge in [-0.3, -0.25) is 15.4 Å². The van der Waals surface area contributed by atoms with Crippen molar-refractivity contribution in [3.05, 3.63) is 28.3 Å². The van der Waals surface area contributed by atoms with Crippen LogP contribution in [-0.4, -0.2) is 21.5 Å². The molecule has 1 aromatic carbocycles. The van der Waals surface area contributed by atoms with Crippen LogP contribution in [0.5, 0.6) is 5.75 Å². The van der Waals surface area contributed by atoms with Crippen LogP contribution >= 0.6 is 11.8 Å². The summed E-state index contributed by atoms with van der Waals surface area (Å²) in [5.74, 6) is -0.193. The summed E-state index contributed by atoms with van der Waals surface area (Å²) in [6, 6.07) is 3.48. The second kappa shape index (κ2) is 5.72. The van der Waals surface area contributed by atoms with E-state index in [9.17, 15) is 15.2 Å². The molecule has 0 unspecified atom stereocenters. The summed E-state index contributed by atoms with van der Waals surface area (Å²) in [6.45, 7) is 0. The van der Waals surface area contributed by atoms with Gasteiger partial charge in [-0.25, -0.2) is 4.99 Å². The Kier molecular flexibility index (Phi) is 4.30. The third kappa shape index (κ3) is 3.35.